The second kappa shape index (κ2) is 19.4. The van der Waals surface area contributed by atoms with Crippen molar-refractivity contribution in [2.75, 3.05) is 19.8 Å². The molecule has 0 radical (unpaired) electrons. The Morgan fingerprint density at radius 3 is 2.47 bits per heavy atom. The summed E-state index contributed by atoms with van der Waals surface area (Å²) in [6.07, 6.45) is 7.91. The van der Waals surface area contributed by atoms with Gasteiger partial charge in [-0.1, -0.05) is 116 Å². The van der Waals surface area contributed by atoms with Gasteiger partial charge in [-0.15, -0.1) is 0 Å². The number of hydrogen-bond acceptors (Lipinski definition) is 6. The second-order valence-electron chi connectivity index (χ2n) is 12.2. The fourth-order valence-electron chi connectivity index (χ4n) is 6.13. The lowest BCUT2D eigenvalue weighted by Gasteiger charge is -2.32. The highest BCUT2D eigenvalue weighted by atomic mass is 35.5. The lowest BCUT2D eigenvalue weighted by atomic mass is 9.80. The molecular weight excluding hydrogens is 634 g/mol. The minimum absolute atomic E-state index is 0.0575. The Bertz CT molecular complexity index is 1680. The van der Waals surface area contributed by atoms with Gasteiger partial charge in [0.2, 0.25) is 5.91 Å². The molecule has 3 unspecified atom stereocenters. The highest BCUT2D eigenvalue weighted by molar-refractivity contribution is 6.30. The Balaban J connectivity index is 1.66. The maximum Gasteiger partial charge on any atom is 0.336 e. The first-order chi connectivity index (χ1) is 23.8. The van der Waals surface area contributed by atoms with Gasteiger partial charge in [-0.05, 0) is 61.4 Å². The van der Waals surface area contributed by atoms with Gasteiger partial charge in [0, 0.05) is 17.3 Å². The number of esters is 1. The molecule has 0 aromatic heterocycles. The molecule has 1 aliphatic rings. The Labute approximate surface area is 295 Å². The zero-order valence-corrected chi connectivity index (χ0v) is 29.3. The summed E-state index contributed by atoms with van der Waals surface area (Å²) < 4.78 is 12.0. The van der Waals surface area contributed by atoms with Gasteiger partial charge >= 0.3 is 5.97 Å². The topological polar surface area (TPSA) is 100 Å². The Morgan fingerprint density at radius 1 is 1.04 bits per heavy atom. The van der Waals surface area contributed by atoms with Gasteiger partial charge in [0.05, 0.1) is 48.0 Å². The molecule has 256 valence electrons. The van der Waals surface area contributed by atoms with Gasteiger partial charge in [0.15, 0.2) is 0 Å². The average molecular weight is 680 g/mol. The summed E-state index contributed by atoms with van der Waals surface area (Å²) in [4.78, 5) is 27.8. The number of carbonyl (C=O) groups is 2. The molecule has 3 atom stereocenters. The van der Waals surface area contributed by atoms with E-state index < -0.39 is 11.9 Å². The van der Waals surface area contributed by atoms with Crippen molar-refractivity contribution in [1.82, 2.24) is 10.6 Å². The highest BCUT2D eigenvalue weighted by Gasteiger charge is 2.38. The monoisotopic (exact) mass is 679 g/mol. The first-order valence-electron chi connectivity index (χ1n) is 17.0. The first kappa shape index (κ1) is 37.2. The number of ether oxygens (including phenoxy) is 2. The van der Waals surface area contributed by atoms with E-state index in [1.165, 1.54) is 5.56 Å². The molecule has 3 aromatic rings. The van der Waals surface area contributed by atoms with Crippen LogP contribution in [0.15, 0.2) is 114 Å². The third kappa shape index (κ3) is 10.9. The number of benzene rings is 3. The minimum Gasteiger partial charge on any atom is -0.461 e. The number of halogens is 1. The molecule has 4 rings (SSSR count). The van der Waals surface area contributed by atoms with E-state index in [0.717, 1.165) is 31.2 Å². The summed E-state index contributed by atoms with van der Waals surface area (Å²) in [6.45, 7) is 6.39. The summed E-state index contributed by atoms with van der Waals surface area (Å²) in [5, 5.41) is 15.9. The van der Waals surface area contributed by atoms with Gasteiger partial charge in [-0.3, -0.25) is 4.79 Å². The van der Waals surface area contributed by atoms with Crippen LogP contribution in [0, 0.1) is 11.3 Å². The van der Waals surface area contributed by atoms with E-state index in [1.807, 2.05) is 60.7 Å². The van der Waals surface area contributed by atoms with Crippen LogP contribution >= 0.6 is 11.6 Å². The average Bonchev–Trinajstić information content (AvgIpc) is 3.11. The number of dihydropyridines is 1. The Kier molecular flexibility index (Phi) is 14.7. The number of rotatable bonds is 17. The molecule has 0 aliphatic carbocycles. The number of hydrogen-bond donors (Lipinski definition) is 2. The molecular formula is C41H46ClN3O4. The van der Waals surface area contributed by atoms with Crippen LogP contribution in [0.5, 0.6) is 0 Å². The fraction of sp³-hybridized carbons (Fsp3) is 0.341. The normalized spacial score (nSPS) is 15.8. The van der Waals surface area contributed by atoms with Crippen molar-refractivity contribution in [3.63, 3.8) is 0 Å². The highest BCUT2D eigenvalue weighted by Crippen LogP contribution is 2.40. The van der Waals surface area contributed by atoms with E-state index in [4.69, 9.17) is 26.3 Å². The summed E-state index contributed by atoms with van der Waals surface area (Å²) in [5.41, 5.74) is 4.73. The zero-order chi connectivity index (χ0) is 35.0. The number of nitriles is 1. The quantitative estimate of drug-likeness (QED) is 0.109. The van der Waals surface area contributed by atoms with Crippen molar-refractivity contribution >= 4 is 29.6 Å². The van der Waals surface area contributed by atoms with Gasteiger partial charge in [0.1, 0.15) is 6.61 Å². The van der Waals surface area contributed by atoms with Crippen molar-refractivity contribution in [3.05, 3.63) is 135 Å². The van der Waals surface area contributed by atoms with E-state index in [-0.39, 0.29) is 43.8 Å². The molecule has 3 aromatic carbocycles. The van der Waals surface area contributed by atoms with Crippen LogP contribution in [0.25, 0.3) is 6.08 Å². The van der Waals surface area contributed by atoms with Crippen molar-refractivity contribution < 1.29 is 19.1 Å². The number of nitrogens with one attached hydrogen (secondary N) is 2. The number of nitrogens with zero attached hydrogens (tertiary/aromatic N) is 1. The molecule has 0 fully saturated rings. The van der Waals surface area contributed by atoms with Gasteiger partial charge in [0.25, 0.3) is 0 Å². The molecule has 0 saturated carbocycles. The van der Waals surface area contributed by atoms with Crippen LogP contribution in [0.1, 0.15) is 81.4 Å². The maximum atomic E-state index is 14.2. The third-order valence-corrected chi connectivity index (χ3v) is 8.77. The van der Waals surface area contributed by atoms with Crippen molar-refractivity contribution in [3.8, 4) is 6.07 Å². The lowest BCUT2D eigenvalue weighted by molar-refractivity contribution is -0.139. The Hall–Kier alpha value is -4.64. The fourth-order valence-corrected chi connectivity index (χ4v) is 6.33. The minimum atomic E-state index is -0.789. The molecule has 7 nitrogen and oxygen atoms in total. The Morgan fingerprint density at radius 2 is 1.78 bits per heavy atom. The SMILES string of the molecule is CCCCC(CC(C)OCC1=C(C(=O)NCC=Cc2ccccc2)C(c2cccc(Cl)c2)C(C(=O)OCCC#N)=C(C)N1)c1ccccc1. The summed E-state index contributed by atoms with van der Waals surface area (Å²) in [7, 11) is 0. The van der Waals surface area contributed by atoms with E-state index in [2.05, 4.69) is 48.7 Å². The summed E-state index contributed by atoms with van der Waals surface area (Å²) in [5.74, 6) is -1.39. The van der Waals surface area contributed by atoms with Crippen molar-refractivity contribution in [1.29, 1.82) is 5.26 Å². The molecule has 2 N–H and O–H groups in total. The van der Waals surface area contributed by atoms with Crippen LogP contribution in [0.3, 0.4) is 0 Å². The van der Waals surface area contributed by atoms with E-state index in [0.29, 0.717) is 33.5 Å². The van der Waals surface area contributed by atoms with Gasteiger partial charge in [-0.25, -0.2) is 4.79 Å². The molecule has 1 amide bonds. The molecule has 0 bridgehead atoms. The van der Waals surface area contributed by atoms with Gasteiger partial charge in [-0.2, -0.15) is 5.26 Å². The zero-order valence-electron chi connectivity index (χ0n) is 28.6. The van der Waals surface area contributed by atoms with Crippen molar-refractivity contribution in [2.45, 2.75) is 70.8 Å². The number of allylic oxidation sites excluding steroid dienone is 1. The largest absolute Gasteiger partial charge is 0.461 e. The number of unbranched alkanes of at least 4 members (excludes halogenated alkanes) is 1. The van der Waals surface area contributed by atoms with Crippen LogP contribution in [-0.2, 0) is 19.1 Å². The summed E-state index contributed by atoms with van der Waals surface area (Å²) >= 11 is 6.46. The van der Waals surface area contributed by atoms with Crippen LogP contribution < -0.4 is 10.6 Å². The number of amides is 1. The van der Waals surface area contributed by atoms with E-state index >= 15 is 0 Å². The van der Waals surface area contributed by atoms with Crippen LogP contribution in [-0.4, -0.2) is 37.7 Å². The maximum absolute atomic E-state index is 14.2. The van der Waals surface area contributed by atoms with E-state index in [9.17, 15) is 9.59 Å². The first-order valence-corrected chi connectivity index (χ1v) is 17.4. The smallest absolute Gasteiger partial charge is 0.336 e. The summed E-state index contributed by atoms with van der Waals surface area (Å²) in [6, 6.07) is 29.5. The predicted molar refractivity (Wildman–Crippen MR) is 195 cm³/mol. The second-order valence-corrected chi connectivity index (χ2v) is 12.7. The molecule has 1 aliphatic heterocycles. The third-order valence-electron chi connectivity index (χ3n) is 8.53. The predicted octanol–water partition coefficient (Wildman–Crippen LogP) is 8.61. The lowest BCUT2D eigenvalue weighted by Crippen LogP contribution is -2.38. The van der Waals surface area contributed by atoms with Crippen LogP contribution in [0.4, 0.5) is 0 Å². The molecule has 8 heteroatoms. The molecule has 1 heterocycles. The van der Waals surface area contributed by atoms with Crippen LogP contribution in [0.2, 0.25) is 5.02 Å². The standard InChI is InChI=1S/C41H46ClN3O4/c1-4-5-18-33(32-19-10-7-11-20-32)26-29(2)49-28-36-39(40(46)44-24-13-17-31-15-8-6-9-16-31)38(34-21-12-22-35(42)27-34)37(30(3)45-36)41(47)48-25-14-23-43/h6-13,15-17,19-22,27,29,33,38,45H,4-5,14,18,24-26,28H2,1-3H3,(H,44,46). The van der Waals surface area contributed by atoms with E-state index in [1.54, 1.807) is 25.1 Å². The van der Waals surface area contributed by atoms with Crippen molar-refractivity contribution in [2.24, 2.45) is 0 Å². The molecule has 0 saturated heterocycles. The number of carbonyl (C=O) groups excluding carboxylic acids is 2. The van der Waals surface area contributed by atoms with Gasteiger partial charge < -0.3 is 20.1 Å². The molecule has 0 spiro atoms. The molecule has 49 heavy (non-hydrogen) atoms.